The monoisotopic (exact) mass is 402 g/mol. The Labute approximate surface area is 175 Å². The Bertz CT molecular complexity index is 690. The van der Waals surface area contributed by atoms with Gasteiger partial charge in [-0.3, -0.25) is 14.6 Å². The smallest absolute Gasteiger partial charge is 0.216 e. The number of hydrogen-bond donors (Lipinski definition) is 1. The van der Waals surface area contributed by atoms with Gasteiger partial charge in [0.25, 0.3) is 0 Å². The summed E-state index contributed by atoms with van der Waals surface area (Å²) < 4.78 is 5.57. The van der Waals surface area contributed by atoms with Crippen LogP contribution in [0.2, 0.25) is 0 Å². The number of carbonyl (C=O) groups is 2. The number of ketones is 1. The molecule has 5 nitrogen and oxygen atoms in total. The zero-order chi connectivity index (χ0) is 20.6. The Kier molecular flexibility index (Phi) is 5.89. The molecule has 0 aromatic heterocycles. The predicted molar refractivity (Wildman–Crippen MR) is 114 cm³/mol. The van der Waals surface area contributed by atoms with Crippen molar-refractivity contribution in [2.75, 3.05) is 19.9 Å². The molecule has 0 spiro atoms. The number of Topliss-reactive ketones (excluding diaryl/α,β-unsaturated/α-hetero) is 1. The lowest BCUT2D eigenvalue weighted by molar-refractivity contribution is -0.137. The molecule has 4 unspecified atom stereocenters. The highest BCUT2D eigenvalue weighted by atomic mass is 16.5. The molecule has 0 aliphatic heterocycles. The van der Waals surface area contributed by atoms with Gasteiger partial charge in [-0.2, -0.15) is 0 Å². The lowest BCUT2D eigenvalue weighted by atomic mass is 9.45. The summed E-state index contributed by atoms with van der Waals surface area (Å²) in [6.45, 7) is 7.81. The maximum absolute atomic E-state index is 12.6. The zero-order valence-electron chi connectivity index (χ0n) is 18.5. The van der Waals surface area contributed by atoms with E-state index in [-0.39, 0.29) is 11.3 Å². The van der Waals surface area contributed by atoms with Crippen molar-refractivity contribution in [2.45, 2.75) is 78.6 Å². The van der Waals surface area contributed by atoms with Crippen LogP contribution in [0.1, 0.15) is 78.6 Å². The molecule has 1 amide bonds. The molecule has 6 atom stereocenters. The molecule has 0 saturated heterocycles. The summed E-state index contributed by atoms with van der Waals surface area (Å²) in [5.41, 5.74) is 1.73. The predicted octanol–water partition coefficient (Wildman–Crippen LogP) is 4.15. The van der Waals surface area contributed by atoms with Crippen LogP contribution in [-0.2, 0) is 14.3 Å². The lowest BCUT2D eigenvalue weighted by Crippen LogP contribution is -2.53. The van der Waals surface area contributed by atoms with E-state index in [4.69, 9.17) is 9.73 Å². The molecule has 5 heteroatoms. The van der Waals surface area contributed by atoms with Crippen LogP contribution >= 0.6 is 0 Å². The van der Waals surface area contributed by atoms with Gasteiger partial charge in [0.2, 0.25) is 5.91 Å². The van der Waals surface area contributed by atoms with E-state index >= 15 is 0 Å². The third kappa shape index (κ3) is 3.80. The lowest BCUT2D eigenvalue weighted by Gasteiger charge is -2.59. The van der Waals surface area contributed by atoms with Gasteiger partial charge < -0.3 is 10.1 Å². The Morgan fingerprint density at radius 2 is 1.97 bits per heavy atom. The highest BCUT2D eigenvalue weighted by Gasteiger charge is 2.59. The molecule has 162 valence electrons. The van der Waals surface area contributed by atoms with Crippen molar-refractivity contribution < 1.29 is 14.3 Å². The summed E-state index contributed by atoms with van der Waals surface area (Å²) in [6, 6.07) is 0. The van der Waals surface area contributed by atoms with E-state index in [1.165, 1.54) is 38.3 Å². The van der Waals surface area contributed by atoms with Crippen LogP contribution in [0.4, 0.5) is 0 Å². The van der Waals surface area contributed by atoms with Gasteiger partial charge in [-0.25, -0.2) is 0 Å². The van der Waals surface area contributed by atoms with Crippen molar-refractivity contribution in [1.82, 2.24) is 5.32 Å². The Balaban J connectivity index is 1.35. The molecule has 0 heterocycles. The molecular formula is C24H38N2O3. The number of aliphatic imine (C=N–C) groups is 1. The van der Waals surface area contributed by atoms with Gasteiger partial charge in [0, 0.05) is 31.0 Å². The average Bonchev–Trinajstić information content (AvgIpc) is 2.99. The topological polar surface area (TPSA) is 67.8 Å². The fourth-order valence-electron chi connectivity index (χ4n) is 7.48. The minimum atomic E-state index is -0.0212. The molecule has 0 bridgehead atoms. The van der Waals surface area contributed by atoms with Gasteiger partial charge >= 0.3 is 0 Å². The van der Waals surface area contributed by atoms with Gasteiger partial charge in [0.1, 0.15) is 12.5 Å². The average molecular weight is 403 g/mol. The molecule has 4 fully saturated rings. The summed E-state index contributed by atoms with van der Waals surface area (Å²) in [5, 5.41) is 2.74. The second kappa shape index (κ2) is 8.13. The molecule has 0 radical (unpaired) electrons. The fourth-order valence-corrected chi connectivity index (χ4v) is 7.48. The van der Waals surface area contributed by atoms with Crippen molar-refractivity contribution in [2.24, 2.45) is 39.5 Å². The second-order valence-corrected chi connectivity index (χ2v) is 10.5. The van der Waals surface area contributed by atoms with E-state index in [9.17, 15) is 9.59 Å². The third-order valence-corrected chi connectivity index (χ3v) is 9.21. The number of carbonyl (C=O) groups excluding carboxylic acids is 2. The first-order valence-corrected chi connectivity index (χ1v) is 11.7. The van der Waals surface area contributed by atoms with Crippen molar-refractivity contribution in [3.8, 4) is 0 Å². The normalized spacial score (nSPS) is 42.9. The van der Waals surface area contributed by atoms with Crippen molar-refractivity contribution in [1.29, 1.82) is 0 Å². The second-order valence-electron chi connectivity index (χ2n) is 10.5. The zero-order valence-corrected chi connectivity index (χ0v) is 18.5. The van der Waals surface area contributed by atoms with Gasteiger partial charge in [-0.1, -0.05) is 13.8 Å². The molecule has 4 rings (SSSR count). The van der Waals surface area contributed by atoms with E-state index in [0.717, 1.165) is 49.9 Å². The SMILES string of the molecule is CC(=O)NCCOC/N=C1\CC[C@@]2(C)C(CCC3C2CC[C@]2(C)C(=O)CCC32)C1. The van der Waals surface area contributed by atoms with Gasteiger partial charge in [0.05, 0.1) is 6.61 Å². The number of rotatable bonds is 5. The number of amides is 1. The summed E-state index contributed by atoms with van der Waals surface area (Å²) in [7, 11) is 0. The maximum atomic E-state index is 12.6. The number of hydrogen-bond acceptors (Lipinski definition) is 4. The third-order valence-electron chi connectivity index (χ3n) is 9.21. The van der Waals surface area contributed by atoms with Crippen LogP contribution in [0.15, 0.2) is 4.99 Å². The Hall–Kier alpha value is -1.23. The van der Waals surface area contributed by atoms with Gasteiger partial charge in [0.15, 0.2) is 0 Å². The molecule has 29 heavy (non-hydrogen) atoms. The van der Waals surface area contributed by atoms with Crippen LogP contribution in [0, 0.1) is 34.5 Å². The first-order chi connectivity index (χ1) is 13.8. The van der Waals surface area contributed by atoms with Crippen LogP contribution in [0.25, 0.3) is 0 Å². The van der Waals surface area contributed by atoms with Crippen molar-refractivity contribution in [3.63, 3.8) is 0 Å². The molecule has 4 aliphatic rings. The maximum Gasteiger partial charge on any atom is 0.216 e. The first-order valence-electron chi connectivity index (χ1n) is 11.7. The summed E-state index contributed by atoms with van der Waals surface area (Å²) in [4.78, 5) is 28.2. The molecule has 4 saturated carbocycles. The quantitative estimate of drug-likeness (QED) is 0.703. The molecule has 0 aromatic carbocycles. The minimum absolute atomic E-state index is 0.0137. The van der Waals surface area contributed by atoms with E-state index in [1.54, 1.807) is 0 Å². The Morgan fingerprint density at radius 1 is 1.14 bits per heavy atom. The first kappa shape index (κ1) is 21.0. The van der Waals surface area contributed by atoms with Crippen LogP contribution < -0.4 is 5.32 Å². The highest BCUT2D eigenvalue weighted by molar-refractivity contribution is 5.87. The number of ether oxygens (including phenoxy) is 1. The summed E-state index contributed by atoms with van der Waals surface area (Å²) in [6.07, 6.45) is 10.4. The van der Waals surface area contributed by atoms with E-state index in [2.05, 4.69) is 19.2 Å². The minimum Gasteiger partial charge on any atom is -0.358 e. The van der Waals surface area contributed by atoms with Crippen LogP contribution in [0.3, 0.4) is 0 Å². The molecule has 0 aromatic rings. The van der Waals surface area contributed by atoms with Gasteiger partial charge in [-0.15, -0.1) is 0 Å². The number of nitrogens with zero attached hydrogens (tertiary/aromatic N) is 1. The highest BCUT2D eigenvalue weighted by Crippen LogP contribution is 2.65. The standard InChI is InChI=1S/C24H38N2O3/c1-16(27)25-12-13-29-15-26-18-8-10-23(2)17(14-18)4-5-19-20-6-7-22(28)24(20,3)11-9-21(19)23/h17,19-21H,4-15H2,1-3H3,(H,25,27)/b26-18+/t17?,19?,20?,21?,23-,24-/m0/s1. The van der Waals surface area contributed by atoms with E-state index < -0.39 is 0 Å². The van der Waals surface area contributed by atoms with Crippen LogP contribution in [-0.4, -0.2) is 37.3 Å². The van der Waals surface area contributed by atoms with Crippen molar-refractivity contribution >= 4 is 17.4 Å². The molecular weight excluding hydrogens is 364 g/mol. The summed E-state index contributed by atoms with van der Waals surface area (Å²) in [5.74, 6) is 3.45. The molecule has 4 aliphatic carbocycles. The molecule has 1 N–H and O–H groups in total. The van der Waals surface area contributed by atoms with Gasteiger partial charge in [-0.05, 0) is 80.5 Å². The van der Waals surface area contributed by atoms with E-state index in [1.807, 2.05) is 0 Å². The summed E-state index contributed by atoms with van der Waals surface area (Å²) >= 11 is 0. The number of fused-ring (bicyclic) bond motifs is 5. The van der Waals surface area contributed by atoms with Crippen LogP contribution in [0.5, 0.6) is 0 Å². The largest absolute Gasteiger partial charge is 0.358 e. The van der Waals surface area contributed by atoms with E-state index in [0.29, 0.717) is 37.0 Å². The fraction of sp³-hybridized carbons (Fsp3) is 0.875. The van der Waals surface area contributed by atoms with Crippen molar-refractivity contribution in [3.05, 3.63) is 0 Å². The number of nitrogens with one attached hydrogen (secondary N) is 1. The Morgan fingerprint density at radius 3 is 2.76 bits per heavy atom.